The van der Waals surface area contributed by atoms with Crippen molar-refractivity contribution in [3.63, 3.8) is 0 Å². The van der Waals surface area contributed by atoms with Gasteiger partial charge in [-0.3, -0.25) is 9.98 Å². The summed E-state index contributed by atoms with van der Waals surface area (Å²) in [6, 6.07) is 17.6. The monoisotopic (exact) mass is 558 g/mol. The van der Waals surface area contributed by atoms with Gasteiger partial charge in [0.15, 0.2) is 5.82 Å². The van der Waals surface area contributed by atoms with Crippen LogP contribution in [0.1, 0.15) is 35.1 Å². The van der Waals surface area contributed by atoms with Gasteiger partial charge >= 0.3 is 0 Å². The molecular formula is C32H39FN6O2. The van der Waals surface area contributed by atoms with Gasteiger partial charge in [0.25, 0.3) is 0 Å². The van der Waals surface area contributed by atoms with E-state index in [9.17, 15) is 0 Å². The van der Waals surface area contributed by atoms with Gasteiger partial charge in [-0.15, -0.1) is 0 Å². The third-order valence-corrected chi connectivity index (χ3v) is 7.51. The fourth-order valence-corrected chi connectivity index (χ4v) is 5.28. The van der Waals surface area contributed by atoms with Crippen LogP contribution in [0.3, 0.4) is 0 Å². The van der Waals surface area contributed by atoms with Crippen molar-refractivity contribution < 1.29 is 13.9 Å². The molecular weight excluding hydrogens is 519 g/mol. The predicted octanol–water partition coefficient (Wildman–Crippen LogP) is 4.60. The van der Waals surface area contributed by atoms with Crippen molar-refractivity contribution >= 4 is 23.0 Å². The van der Waals surface area contributed by atoms with Crippen LogP contribution in [0, 0.1) is 5.82 Å². The first-order valence-electron chi connectivity index (χ1n) is 14.1. The molecule has 8 nitrogen and oxygen atoms in total. The third kappa shape index (κ3) is 6.39. The molecule has 0 amide bonds. The molecule has 2 heterocycles. The average molecular weight is 559 g/mol. The van der Waals surface area contributed by atoms with E-state index in [4.69, 9.17) is 9.47 Å². The molecule has 3 aromatic carbocycles. The zero-order valence-electron chi connectivity index (χ0n) is 24.3. The average Bonchev–Trinajstić information content (AvgIpc) is 3.02. The topological polar surface area (TPSA) is 73.7 Å². The maximum Gasteiger partial charge on any atom is 0.169 e. The summed E-state index contributed by atoms with van der Waals surface area (Å²) >= 11 is 0. The maximum absolute atomic E-state index is 16.0. The normalized spacial score (nSPS) is 14.8. The summed E-state index contributed by atoms with van der Waals surface area (Å²) in [5.74, 6) is 3.01. The lowest BCUT2D eigenvalue weighted by Crippen LogP contribution is -2.30. The van der Waals surface area contributed by atoms with E-state index in [1.807, 2.05) is 78.5 Å². The van der Waals surface area contributed by atoms with Crippen molar-refractivity contribution in [3.8, 4) is 11.5 Å². The Morgan fingerprint density at radius 1 is 0.732 bits per heavy atom. The van der Waals surface area contributed by atoms with Crippen LogP contribution in [0.15, 0.2) is 64.6 Å². The summed E-state index contributed by atoms with van der Waals surface area (Å²) in [5, 5.41) is 6.71. The molecule has 0 saturated heterocycles. The molecule has 216 valence electrons. The number of anilines is 2. The van der Waals surface area contributed by atoms with E-state index in [0.717, 1.165) is 84.4 Å². The first-order valence-corrected chi connectivity index (χ1v) is 14.1. The van der Waals surface area contributed by atoms with E-state index in [1.54, 1.807) is 14.2 Å². The molecule has 0 radical (unpaired) electrons. The molecule has 9 heteroatoms. The second-order valence-electron chi connectivity index (χ2n) is 10.4. The maximum atomic E-state index is 16.0. The van der Waals surface area contributed by atoms with Crippen molar-refractivity contribution in [1.29, 1.82) is 0 Å². The van der Waals surface area contributed by atoms with Gasteiger partial charge in [-0.1, -0.05) is 30.3 Å². The summed E-state index contributed by atoms with van der Waals surface area (Å²) < 4.78 is 27.4. The van der Waals surface area contributed by atoms with Gasteiger partial charge in [-0.2, -0.15) is 0 Å². The van der Waals surface area contributed by atoms with Gasteiger partial charge < -0.3 is 29.9 Å². The van der Waals surface area contributed by atoms with E-state index in [0.29, 0.717) is 24.5 Å². The molecule has 5 rings (SSSR count). The van der Waals surface area contributed by atoms with E-state index >= 15 is 4.39 Å². The molecule has 0 saturated carbocycles. The Morgan fingerprint density at radius 2 is 1.20 bits per heavy atom. The smallest absolute Gasteiger partial charge is 0.169 e. The Bertz CT molecular complexity index is 1340. The van der Waals surface area contributed by atoms with E-state index in [-0.39, 0.29) is 5.82 Å². The van der Waals surface area contributed by atoms with Crippen molar-refractivity contribution in [1.82, 2.24) is 10.6 Å². The number of nitrogens with zero attached hydrogens (tertiary/aromatic N) is 4. The Kier molecular flexibility index (Phi) is 8.91. The number of hydrogen-bond donors (Lipinski definition) is 2. The zero-order chi connectivity index (χ0) is 28.8. The van der Waals surface area contributed by atoms with E-state index < -0.39 is 0 Å². The number of halogens is 1. The van der Waals surface area contributed by atoms with E-state index in [1.165, 1.54) is 0 Å². The first kappa shape index (κ1) is 28.3. The predicted molar refractivity (Wildman–Crippen MR) is 165 cm³/mol. The fraction of sp³-hybridized carbons (Fsp3) is 0.375. The molecule has 0 aliphatic carbocycles. The zero-order valence-corrected chi connectivity index (χ0v) is 24.3. The number of ether oxygens (including phenoxy) is 2. The van der Waals surface area contributed by atoms with Gasteiger partial charge in [-0.25, -0.2) is 4.39 Å². The molecule has 0 fully saturated rings. The van der Waals surface area contributed by atoms with Gasteiger partial charge in [0, 0.05) is 75.6 Å². The molecule has 0 unspecified atom stereocenters. The van der Waals surface area contributed by atoms with Crippen LogP contribution >= 0.6 is 0 Å². The lowest BCUT2D eigenvalue weighted by molar-refractivity contribution is 0.409. The highest BCUT2D eigenvalue weighted by Gasteiger charge is 2.19. The summed E-state index contributed by atoms with van der Waals surface area (Å²) in [6.45, 7) is 4.46. The summed E-state index contributed by atoms with van der Waals surface area (Å²) in [4.78, 5) is 13.0. The Balaban J connectivity index is 1.32. The highest BCUT2D eigenvalue weighted by Crippen LogP contribution is 2.32. The Morgan fingerprint density at radius 3 is 1.59 bits per heavy atom. The molecule has 2 aliphatic rings. The van der Waals surface area contributed by atoms with Crippen molar-refractivity contribution in [3.05, 3.63) is 82.7 Å². The minimum Gasteiger partial charge on any atom is -0.496 e. The van der Waals surface area contributed by atoms with E-state index in [2.05, 4.69) is 20.6 Å². The van der Waals surface area contributed by atoms with Gasteiger partial charge in [-0.05, 0) is 37.1 Å². The number of hydrogen-bond acceptors (Lipinski definition) is 8. The Labute approximate surface area is 241 Å². The van der Waals surface area contributed by atoms with Crippen molar-refractivity contribution in [2.75, 3.05) is 64.3 Å². The minimum atomic E-state index is -0.273. The molecule has 0 bridgehead atoms. The van der Waals surface area contributed by atoms with Gasteiger partial charge in [0.05, 0.1) is 25.6 Å². The van der Waals surface area contributed by atoms with Crippen LogP contribution in [0.5, 0.6) is 11.5 Å². The van der Waals surface area contributed by atoms with Crippen LogP contribution in [-0.2, 0) is 13.1 Å². The molecule has 2 N–H and O–H groups in total. The summed E-state index contributed by atoms with van der Waals surface area (Å²) in [7, 11) is 7.11. The van der Waals surface area contributed by atoms with Gasteiger partial charge in [0.1, 0.15) is 23.2 Å². The number of aliphatic imine (C=N–C) groups is 2. The molecule has 3 aromatic rings. The van der Waals surface area contributed by atoms with Crippen molar-refractivity contribution in [2.24, 2.45) is 9.98 Å². The molecule has 41 heavy (non-hydrogen) atoms. The van der Waals surface area contributed by atoms with Crippen LogP contribution in [-0.4, -0.2) is 66.2 Å². The second kappa shape index (κ2) is 12.9. The molecule has 0 aromatic heterocycles. The van der Waals surface area contributed by atoms with Crippen LogP contribution in [0.25, 0.3) is 0 Å². The minimum absolute atomic E-state index is 0.273. The lowest BCUT2D eigenvalue weighted by atomic mass is 10.1. The number of rotatable bonds is 10. The highest BCUT2D eigenvalue weighted by atomic mass is 19.1. The molecule has 0 spiro atoms. The summed E-state index contributed by atoms with van der Waals surface area (Å²) in [5.41, 5.74) is 4.96. The summed E-state index contributed by atoms with van der Waals surface area (Å²) in [6.07, 6.45) is 2.08. The SMILES string of the molecule is COc1cc(C2=NCCCN2)ccc1CN(C)c1cccc(N(C)Cc2ccc(C3=NCCCN3)cc2OC)c1F. The number of methoxy groups -OCH3 is 2. The van der Waals surface area contributed by atoms with Gasteiger partial charge in [0.2, 0.25) is 0 Å². The Hall–Kier alpha value is -4.27. The second-order valence-corrected chi connectivity index (χ2v) is 10.4. The van der Waals surface area contributed by atoms with Crippen LogP contribution < -0.4 is 29.9 Å². The third-order valence-electron chi connectivity index (χ3n) is 7.51. The highest BCUT2D eigenvalue weighted by molar-refractivity contribution is 6.00. The quantitative estimate of drug-likeness (QED) is 0.379. The standard InChI is InChI=1S/C32H39FN6O2/c1-38(20-24-12-10-22(18-28(24)40-3)31-34-14-6-15-35-31)26-8-5-9-27(30(26)33)39(2)21-25-13-11-23(19-29(25)41-4)32-36-16-7-17-37-32/h5,8-13,18-19H,6-7,14-17,20-21H2,1-4H3,(H,34,35)(H,36,37). The molecule has 0 atom stereocenters. The van der Waals surface area contributed by atoms with Crippen LogP contribution in [0.2, 0.25) is 0 Å². The number of benzene rings is 3. The number of nitrogens with one attached hydrogen (secondary N) is 2. The fourth-order valence-electron chi connectivity index (χ4n) is 5.28. The van der Waals surface area contributed by atoms with Crippen LogP contribution in [0.4, 0.5) is 15.8 Å². The molecule has 2 aliphatic heterocycles. The van der Waals surface area contributed by atoms with Crippen molar-refractivity contribution in [2.45, 2.75) is 25.9 Å². The largest absolute Gasteiger partial charge is 0.496 e. The number of amidine groups is 2. The first-order chi connectivity index (χ1) is 20.0. The lowest BCUT2D eigenvalue weighted by Gasteiger charge is -2.26.